The minimum Gasteiger partial charge on any atom is -0.351 e. The Bertz CT molecular complexity index is 431. The summed E-state index contributed by atoms with van der Waals surface area (Å²) in [5.74, 6) is -0.110. The van der Waals surface area contributed by atoms with Crippen molar-refractivity contribution in [3.05, 3.63) is 35.9 Å². The van der Waals surface area contributed by atoms with E-state index in [1.54, 1.807) is 11.8 Å². The molecule has 0 saturated heterocycles. The van der Waals surface area contributed by atoms with Gasteiger partial charge in [-0.25, -0.2) is 0 Å². The molecule has 1 aromatic rings. The molecule has 1 amide bonds. The van der Waals surface area contributed by atoms with E-state index >= 15 is 0 Å². The van der Waals surface area contributed by atoms with Gasteiger partial charge in [0.05, 0.1) is 12.1 Å². The summed E-state index contributed by atoms with van der Waals surface area (Å²) < 4.78 is 11.3. The molecular weight excluding hydrogens is 280 g/mol. The summed E-state index contributed by atoms with van der Waals surface area (Å²) >= 11 is 0. The van der Waals surface area contributed by atoms with Crippen LogP contribution in [0.3, 0.4) is 0 Å². The van der Waals surface area contributed by atoms with Gasteiger partial charge >= 0.3 is 0 Å². The third-order valence-corrected chi connectivity index (χ3v) is 3.42. The molecule has 124 valence electrons. The maximum atomic E-state index is 12.5. The zero-order valence-corrected chi connectivity index (χ0v) is 14.0. The average Bonchev–Trinajstić information content (AvgIpc) is 2.52. The molecule has 5 heteroatoms. The molecule has 1 aromatic carbocycles. The van der Waals surface area contributed by atoms with Crippen LogP contribution in [0.15, 0.2) is 30.3 Å². The molecule has 0 radical (unpaired) electrons. The monoisotopic (exact) mass is 308 g/mol. The van der Waals surface area contributed by atoms with E-state index in [0.717, 1.165) is 5.56 Å². The second-order valence-corrected chi connectivity index (χ2v) is 5.26. The molecule has 22 heavy (non-hydrogen) atoms. The van der Waals surface area contributed by atoms with Crippen LogP contribution >= 0.6 is 0 Å². The first-order valence-electron chi connectivity index (χ1n) is 7.84. The number of hydrogen-bond donors (Lipinski definition) is 1. The number of amides is 1. The summed E-state index contributed by atoms with van der Waals surface area (Å²) in [7, 11) is 0. The van der Waals surface area contributed by atoms with Gasteiger partial charge in [0.15, 0.2) is 6.29 Å². The summed E-state index contributed by atoms with van der Waals surface area (Å²) in [6.45, 7) is 8.99. The van der Waals surface area contributed by atoms with Crippen molar-refractivity contribution in [3.8, 4) is 0 Å². The number of carbonyl (C=O) groups excluding carboxylic acids is 1. The van der Waals surface area contributed by atoms with E-state index in [9.17, 15) is 4.79 Å². The fourth-order valence-corrected chi connectivity index (χ4v) is 2.27. The number of benzene rings is 1. The first kappa shape index (κ1) is 18.6. The van der Waals surface area contributed by atoms with E-state index < -0.39 is 12.3 Å². The Kier molecular flexibility index (Phi) is 8.09. The lowest BCUT2D eigenvalue weighted by Gasteiger charge is -2.35. The molecule has 0 spiro atoms. The van der Waals surface area contributed by atoms with Gasteiger partial charge in [0.2, 0.25) is 5.91 Å². The summed E-state index contributed by atoms with van der Waals surface area (Å²) in [5, 5.41) is 0. The minimum atomic E-state index is -0.560. The van der Waals surface area contributed by atoms with Crippen LogP contribution in [0.1, 0.15) is 33.3 Å². The number of nitrogens with zero attached hydrogens (tertiary/aromatic N) is 1. The van der Waals surface area contributed by atoms with Crippen molar-refractivity contribution in [1.29, 1.82) is 0 Å². The standard InChI is InChI=1S/C17H28N2O3/c1-5-21-17(22-6-2)14(4)19(16(20)13(3)18)12-15-10-8-7-9-11-15/h7-11,13-14,17H,5-6,12,18H2,1-4H3/t13-,14-/m0/s1. The predicted molar refractivity (Wildman–Crippen MR) is 87.1 cm³/mol. The Hall–Kier alpha value is -1.43. The van der Waals surface area contributed by atoms with Gasteiger partial charge in [0.25, 0.3) is 0 Å². The van der Waals surface area contributed by atoms with Crippen molar-refractivity contribution in [3.63, 3.8) is 0 Å². The van der Waals surface area contributed by atoms with Crippen molar-refractivity contribution in [2.24, 2.45) is 5.73 Å². The van der Waals surface area contributed by atoms with Crippen LogP contribution in [-0.4, -0.2) is 42.4 Å². The molecule has 0 unspecified atom stereocenters. The van der Waals surface area contributed by atoms with Crippen molar-refractivity contribution < 1.29 is 14.3 Å². The molecule has 2 atom stereocenters. The Morgan fingerprint density at radius 3 is 2.14 bits per heavy atom. The molecule has 0 bridgehead atoms. The first-order valence-corrected chi connectivity index (χ1v) is 7.84. The largest absolute Gasteiger partial charge is 0.351 e. The van der Waals surface area contributed by atoms with Crippen molar-refractivity contribution in [1.82, 2.24) is 4.90 Å². The van der Waals surface area contributed by atoms with Gasteiger partial charge in [0.1, 0.15) is 0 Å². The summed E-state index contributed by atoms with van der Waals surface area (Å²) in [6, 6.07) is 9.06. The van der Waals surface area contributed by atoms with E-state index in [2.05, 4.69) is 0 Å². The second kappa shape index (κ2) is 9.56. The fourth-order valence-electron chi connectivity index (χ4n) is 2.27. The molecular formula is C17H28N2O3. The highest BCUT2D eigenvalue weighted by molar-refractivity contribution is 5.81. The van der Waals surface area contributed by atoms with Gasteiger partial charge in [-0.2, -0.15) is 0 Å². The van der Waals surface area contributed by atoms with Gasteiger partial charge in [-0.15, -0.1) is 0 Å². The molecule has 0 heterocycles. The normalized spacial score (nSPS) is 13.9. The van der Waals surface area contributed by atoms with Crippen molar-refractivity contribution in [2.75, 3.05) is 13.2 Å². The maximum absolute atomic E-state index is 12.5. The zero-order valence-electron chi connectivity index (χ0n) is 14.0. The van der Waals surface area contributed by atoms with Crippen LogP contribution in [0, 0.1) is 0 Å². The minimum absolute atomic E-state index is 0.110. The van der Waals surface area contributed by atoms with Crippen LogP contribution in [0.2, 0.25) is 0 Å². The summed E-state index contributed by atoms with van der Waals surface area (Å²) in [6.07, 6.45) is -0.457. The number of rotatable bonds is 9. The smallest absolute Gasteiger partial charge is 0.239 e. The van der Waals surface area contributed by atoms with Gasteiger partial charge in [-0.3, -0.25) is 4.79 Å². The van der Waals surface area contributed by atoms with Gasteiger partial charge in [-0.1, -0.05) is 30.3 Å². The van der Waals surface area contributed by atoms with E-state index in [4.69, 9.17) is 15.2 Å². The molecule has 0 aliphatic carbocycles. The van der Waals surface area contributed by atoms with Gasteiger partial charge in [-0.05, 0) is 33.3 Å². The maximum Gasteiger partial charge on any atom is 0.239 e. The molecule has 0 fully saturated rings. The molecule has 0 saturated carbocycles. The lowest BCUT2D eigenvalue weighted by Crippen LogP contribution is -2.51. The highest BCUT2D eigenvalue weighted by atomic mass is 16.7. The van der Waals surface area contributed by atoms with Crippen molar-refractivity contribution >= 4 is 5.91 Å². The van der Waals surface area contributed by atoms with E-state index in [0.29, 0.717) is 19.8 Å². The quantitative estimate of drug-likeness (QED) is 0.710. The SMILES string of the molecule is CCOC(OCC)[C@H](C)N(Cc1ccccc1)C(=O)[C@H](C)N. The molecule has 2 N–H and O–H groups in total. The highest BCUT2D eigenvalue weighted by Gasteiger charge is 2.29. The molecule has 0 aromatic heterocycles. The van der Waals surface area contributed by atoms with Crippen LogP contribution in [0.4, 0.5) is 0 Å². The van der Waals surface area contributed by atoms with E-state index in [-0.39, 0.29) is 11.9 Å². The first-order chi connectivity index (χ1) is 10.5. The zero-order chi connectivity index (χ0) is 16.5. The van der Waals surface area contributed by atoms with Crippen LogP contribution in [0.25, 0.3) is 0 Å². The molecule has 1 rings (SSSR count). The van der Waals surface area contributed by atoms with Crippen LogP contribution in [0.5, 0.6) is 0 Å². The summed E-state index contributed by atoms with van der Waals surface area (Å²) in [5.41, 5.74) is 6.85. The van der Waals surface area contributed by atoms with E-state index in [1.165, 1.54) is 0 Å². The fraction of sp³-hybridized carbons (Fsp3) is 0.588. The number of nitrogens with two attached hydrogens (primary N) is 1. The van der Waals surface area contributed by atoms with E-state index in [1.807, 2.05) is 51.1 Å². The predicted octanol–water partition coefficient (Wildman–Crippen LogP) is 2.15. The summed E-state index contributed by atoms with van der Waals surface area (Å²) in [4.78, 5) is 14.2. The Morgan fingerprint density at radius 2 is 1.68 bits per heavy atom. The third kappa shape index (κ3) is 5.40. The lowest BCUT2D eigenvalue weighted by molar-refractivity contribution is -0.179. The number of ether oxygens (including phenoxy) is 2. The Labute approximate surface area is 133 Å². The number of carbonyl (C=O) groups is 1. The van der Waals surface area contributed by atoms with Crippen LogP contribution in [-0.2, 0) is 20.8 Å². The molecule has 0 aliphatic heterocycles. The average molecular weight is 308 g/mol. The lowest BCUT2D eigenvalue weighted by atomic mass is 10.1. The highest BCUT2D eigenvalue weighted by Crippen LogP contribution is 2.15. The Balaban J connectivity index is 2.95. The molecule has 0 aliphatic rings. The van der Waals surface area contributed by atoms with Gasteiger partial charge < -0.3 is 20.1 Å². The molecule has 5 nitrogen and oxygen atoms in total. The topological polar surface area (TPSA) is 64.8 Å². The number of hydrogen-bond acceptors (Lipinski definition) is 4. The Morgan fingerprint density at radius 1 is 1.14 bits per heavy atom. The third-order valence-electron chi connectivity index (χ3n) is 3.42. The van der Waals surface area contributed by atoms with Crippen LogP contribution < -0.4 is 5.73 Å². The van der Waals surface area contributed by atoms with Crippen molar-refractivity contribution in [2.45, 2.75) is 52.6 Å². The van der Waals surface area contributed by atoms with Gasteiger partial charge in [0, 0.05) is 19.8 Å². The second-order valence-electron chi connectivity index (χ2n) is 5.26.